The third-order valence-electron chi connectivity index (χ3n) is 5.53. The predicted molar refractivity (Wildman–Crippen MR) is 131 cm³/mol. The molecule has 0 aliphatic heterocycles. The zero-order valence-corrected chi connectivity index (χ0v) is 19.4. The van der Waals surface area contributed by atoms with Crippen molar-refractivity contribution >= 4 is 56.3 Å². The number of phenolic OH excluding ortho intramolecular Hbond substituents is 1. The van der Waals surface area contributed by atoms with Gasteiger partial charge in [0.25, 0.3) is 5.56 Å². The molecule has 0 saturated heterocycles. The molecule has 0 saturated carbocycles. The van der Waals surface area contributed by atoms with E-state index >= 15 is 0 Å². The van der Waals surface area contributed by atoms with Gasteiger partial charge in [0, 0.05) is 28.9 Å². The molecular weight excluding hydrogens is 439 g/mol. The Labute approximate surface area is 190 Å². The smallest absolute Gasteiger partial charge is 0.266 e. The van der Waals surface area contributed by atoms with Crippen molar-refractivity contribution in [1.82, 2.24) is 9.88 Å². The molecule has 2 aromatic carbocycles. The molecule has 0 amide bonds. The van der Waals surface area contributed by atoms with Crippen LogP contribution in [0.15, 0.2) is 46.6 Å². The zero-order valence-electron chi connectivity index (χ0n) is 17.0. The summed E-state index contributed by atoms with van der Waals surface area (Å²) in [6.07, 6.45) is 0. The molecule has 0 aliphatic carbocycles. The van der Waals surface area contributed by atoms with E-state index in [1.165, 1.54) is 23.0 Å². The standard InChI is InChI=1S/C23H23ClN2O2S.ClH/c1-4-26(3)12-13(2)14-5-7-15(8-6-14)19-18(27)11-17(24)21-20(19)16-9-10-29-22(16)23(28)25-21;/h5-11,13,27H,4,12H2,1-3H3,(H,25,28);1H/t13-;/m0./s1. The monoisotopic (exact) mass is 462 g/mol. The highest BCUT2D eigenvalue weighted by Gasteiger charge is 2.18. The van der Waals surface area contributed by atoms with Gasteiger partial charge in [-0.25, -0.2) is 0 Å². The highest BCUT2D eigenvalue weighted by atomic mass is 35.5. The predicted octanol–water partition coefficient (Wildman–Crippen LogP) is 6.25. The van der Waals surface area contributed by atoms with Crippen molar-refractivity contribution in [1.29, 1.82) is 0 Å². The number of H-pyrrole nitrogens is 1. The number of rotatable bonds is 5. The molecule has 4 nitrogen and oxygen atoms in total. The first-order valence-electron chi connectivity index (χ1n) is 9.64. The van der Waals surface area contributed by atoms with Crippen LogP contribution in [0.5, 0.6) is 5.75 Å². The second-order valence-electron chi connectivity index (χ2n) is 7.50. The van der Waals surface area contributed by atoms with E-state index in [1.54, 1.807) is 0 Å². The number of pyridine rings is 1. The van der Waals surface area contributed by atoms with E-state index < -0.39 is 0 Å². The number of phenols is 1. The number of thiophene rings is 1. The van der Waals surface area contributed by atoms with Gasteiger partial charge in [0.2, 0.25) is 0 Å². The Morgan fingerprint density at radius 2 is 1.93 bits per heavy atom. The maximum absolute atomic E-state index is 12.4. The summed E-state index contributed by atoms with van der Waals surface area (Å²) in [5.74, 6) is 0.512. The van der Waals surface area contributed by atoms with E-state index in [1.807, 2.05) is 23.6 Å². The Kier molecular flexibility index (Phi) is 6.78. The summed E-state index contributed by atoms with van der Waals surface area (Å²) in [5.41, 5.74) is 3.22. The van der Waals surface area contributed by atoms with E-state index in [-0.39, 0.29) is 23.7 Å². The molecule has 158 valence electrons. The maximum atomic E-state index is 12.4. The number of aromatic amines is 1. The third-order valence-corrected chi connectivity index (χ3v) is 6.74. The number of fused-ring (bicyclic) bond motifs is 3. The number of aromatic nitrogens is 1. The van der Waals surface area contributed by atoms with Gasteiger partial charge in [0.15, 0.2) is 0 Å². The SMILES string of the molecule is CCN(C)C[C@H](C)c1ccc(-c2c(O)cc(Cl)c3[nH]c(=O)c4sccc4c23)cc1.Cl. The topological polar surface area (TPSA) is 56.3 Å². The number of benzene rings is 2. The van der Waals surface area contributed by atoms with E-state index in [9.17, 15) is 9.90 Å². The van der Waals surface area contributed by atoms with Crippen LogP contribution in [-0.4, -0.2) is 35.1 Å². The van der Waals surface area contributed by atoms with Gasteiger partial charge < -0.3 is 15.0 Å². The van der Waals surface area contributed by atoms with Gasteiger partial charge in [-0.05, 0) is 42.1 Å². The summed E-state index contributed by atoms with van der Waals surface area (Å²) in [6.45, 7) is 6.37. The van der Waals surface area contributed by atoms with Gasteiger partial charge in [-0.1, -0.05) is 49.7 Å². The van der Waals surface area contributed by atoms with Crippen LogP contribution in [0, 0.1) is 0 Å². The fourth-order valence-electron chi connectivity index (χ4n) is 3.85. The van der Waals surface area contributed by atoms with E-state index in [4.69, 9.17) is 11.6 Å². The van der Waals surface area contributed by atoms with Crippen molar-refractivity contribution in [2.24, 2.45) is 0 Å². The number of hydrogen-bond acceptors (Lipinski definition) is 4. The number of halogens is 2. The zero-order chi connectivity index (χ0) is 20.7. The molecule has 0 radical (unpaired) electrons. The molecule has 0 bridgehead atoms. The van der Waals surface area contributed by atoms with Gasteiger partial charge in [0.1, 0.15) is 10.4 Å². The highest BCUT2D eigenvalue weighted by Crippen LogP contribution is 2.42. The molecule has 30 heavy (non-hydrogen) atoms. The highest BCUT2D eigenvalue weighted by molar-refractivity contribution is 7.17. The summed E-state index contributed by atoms with van der Waals surface area (Å²) >= 11 is 7.74. The quantitative estimate of drug-likeness (QED) is 0.368. The minimum Gasteiger partial charge on any atom is -0.507 e. The molecule has 0 spiro atoms. The van der Waals surface area contributed by atoms with Crippen LogP contribution in [0.4, 0.5) is 0 Å². The summed E-state index contributed by atoms with van der Waals surface area (Å²) in [4.78, 5) is 17.6. The summed E-state index contributed by atoms with van der Waals surface area (Å²) < 4.78 is 0.633. The minimum atomic E-state index is -0.162. The Balaban J connectivity index is 0.00000256. The van der Waals surface area contributed by atoms with Crippen LogP contribution < -0.4 is 5.56 Å². The Morgan fingerprint density at radius 1 is 1.23 bits per heavy atom. The molecule has 1 atom stereocenters. The normalized spacial score (nSPS) is 12.4. The molecule has 4 aromatic rings. The third kappa shape index (κ3) is 3.95. The molecule has 7 heteroatoms. The second kappa shape index (κ2) is 8.98. The Morgan fingerprint density at radius 3 is 2.60 bits per heavy atom. The lowest BCUT2D eigenvalue weighted by atomic mass is 9.94. The summed E-state index contributed by atoms with van der Waals surface area (Å²) in [5, 5.41) is 14.6. The van der Waals surface area contributed by atoms with Crippen molar-refractivity contribution in [2.45, 2.75) is 19.8 Å². The first-order valence-corrected chi connectivity index (χ1v) is 10.9. The molecule has 2 N–H and O–H groups in total. The van der Waals surface area contributed by atoms with Crippen LogP contribution in [-0.2, 0) is 0 Å². The van der Waals surface area contributed by atoms with E-state index in [0.717, 1.165) is 29.4 Å². The van der Waals surface area contributed by atoms with E-state index in [0.29, 0.717) is 26.7 Å². The average Bonchev–Trinajstić information content (AvgIpc) is 3.20. The van der Waals surface area contributed by atoms with Crippen molar-refractivity contribution < 1.29 is 5.11 Å². The van der Waals surface area contributed by atoms with Crippen molar-refractivity contribution in [3.8, 4) is 16.9 Å². The second-order valence-corrected chi connectivity index (χ2v) is 8.82. The fraction of sp³-hybridized carbons (Fsp3) is 0.261. The maximum Gasteiger partial charge on any atom is 0.266 e. The van der Waals surface area contributed by atoms with E-state index in [2.05, 4.69) is 42.9 Å². The van der Waals surface area contributed by atoms with Gasteiger partial charge in [-0.2, -0.15) is 0 Å². The van der Waals surface area contributed by atoms with Crippen molar-refractivity contribution in [2.75, 3.05) is 20.1 Å². The number of likely N-dealkylation sites (N-methyl/N-ethyl adjacent to an activating group) is 1. The molecule has 2 heterocycles. The summed E-state index contributed by atoms with van der Waals surface area (Å²) in [7, 11) is 2.12. The fourth-order valence-corrected chi connectivity index (χ4v) is 4.89. The van der Waals surface area contributed by atoms with Crippen LogP contribution in [0.25, 0.3) is 32.1 Å². The van der Waals surface area contributed by atoms with Crippen molar-refractivity contribution in [3.05, 3.63) is 62.7 Å². The minimum absolute atomic E-state index is 0. The lowest BCUT2D eigenvalue weighted by Crippen LogP contribution is -2.22. The number of hydrogen-bond donors (Lipinski definition) is 2. The number of nitrogens with zero attached hydrogens (tertiary/aromatic N) is 1. The van der Waals surface area contributed by atoms with Gasteiger partial charge in [0.05, 0.1) is 10.5 Å². The Bertz CT molecular complexity index is 1250. The van der Waals surface area contributed by atoms with Crippen LogP contribution in [0.1, 0.15) is 25.3 Å². The van der Waals surface area contributed by atoms with Gasteiger partial charge >= 0.3 is 0 Å². The first kappa shape index (κ1) is 22.6. The summed E-state index contributed by atoms with van der Waals surface area (Å²) in [6, 6.07) is 11.7. The lowest BCUT2D eigenvalue weighted by Gasteiger charge is -2.20. The molecule has 0 aliphatic rings. The number of aromatic hydroxyl groups is 1. The molecule has 2 aromatic heterocycles. The van der Waals surface area contributed by atoms with Crippen LogP contribution >= 0.6 is 35.3 Å². The van der Waals surface area contributed by atoms with Gasteiger partial charge in [-0.3, -0.25) is 4.79 Å². The van der Waals surface area contributed by atoms with Crippen LogP contribution in [0.2, 0.25) is 5.02 Å². The lowest BCUT2D eigenvalue weighted by molar-refractivity contribution is 0.333. The molecular formula is C23H24Cl2N2O2S. The average molecular weight is 463 g/mol. The molecule has 4 rings (SSSR count). The van der Waals surface area contributed by atoms with Crippen LogP contribution in [0.3, 0.4) is 0 Å². The van der Waals surface area contributed by atoms with Gasteiger partial charge in [-0.15, -0.1) is 23.7 Å². The Hall–Kier alpha value is -2.05. The van der Waals surface area contributed by atoms with Crippen molar-refractivity contribution in [3.63, 3.8) is 0 Å². The molecule has 0 unspecified atom stereocenters. The molecule has 0 fully saturated rings. The largest absolute Gasteiger partial charge is 0.507 e. The first-order chi connectivity index (χ1) is 13.9. The number of nitrogens with one attached hydrogen (secondary N) is 1.